The van der Waals surface area contributed by atoms with E-state index < -0.39 is 11.4 Å². The van der Waals surface area contributed by atoms with Crippen molar-refractivity contribution in [2.75, 3.05) is 0 Å². The molecule has 0 aromatic heterocycles. The molecule has 0 heterocycles. The Morgan fingerprint density at radius 3 is 2.43 bits per heavy atom. The number of fused-ring (bicyclic) bond motifs is 1. The van der Waals surface area contributed by atoms with Gasteiger partial charge < -0.3 is 10.2 Å². The number of hydrogen-bond acceptors (Lipinski definition) is 2. The predicted molar refractivity (Wildman–Crippen MR) is 86.7 cm³/mol. The minimum Gasteiger partial charge on any atom is -0.481 e. The minimum absolute atomic E-state index is 0.00940. The van der Waals surface area contributed by atoms with Gasteiger partial charge in [-0.05, 0) is 80.0 Å². The van der Waals surface area contributed by atoms with Gasteiger partial charge in [-0.3, -0.25) is 4.79 Å². The van der Waals surface area contributed by atoms with Crippen LogP contribution in [0.5, 0.6) is 0 Å². The lowest BCUT2D eigenvalue weighted by Crippen LogP contribution is -2.66. The molecule has 0 amide bonds. The van der Waals surface area contributed by atoms with Gasteiger partial charge >= 0.3 is 5.97 Å². The number of aliphatic carboxylic acids is 1. The lowest BCUT2D eigenvalue weighted by Gasteiger charge is -2.68. The highest BCUT2D eigenvalue weighted by Crippen LogP contribution is 2.86. The van der Waals surface area contributed by atoms with Crippen molar-refractivity contribution >= 4 is 5.97 Å². The van der Waals surface area contributed by atoms with Crippen molar-refractivity contribution < 1.29 is 15.0 Å². The zero-order valence-electron chi connectivity index (χ0n) is 14.6. The van der Waals surface area contributed by atoms with Crippen LogP contribution < -0.4 is 0 Å². The number of hydrogen-bond donors (Lipinski definition) is 2. The van der Waals surface area contributed by atoms with Crippen LogP contribution in [-0.2, 0) is 4.79 Å². The maximum absolute atomic E-state index is 12.1. The summed E-state index contributed by atoms with van der Waals surface area (Å²) in [5.41, 5.74) is -0.171. The Hall–Kier alpha value is -0.570. The van der Waals surface area contributed by atoms with Crippen LogP contribution in [0.2, 0.25) is 0 Å². The minimum atomic E-state index is -0.610. The normalized spacial score (nSPS) is 65.7. The van der Waals surface area contributed by atoms with Crippen LogP contribution in [0.3, 0.4) is 0 Å². The van der Waals surface area contributed by atoms with Gasteiger partial charge in [-0.15, -0.1) is 0 Å². The summed E-state index contributed by atoms with van der Waals surface area (Å²) >= 11 is 0. The number of carboxylic acids is 1. The monoisotopic (exact) mass is 318 g/mol. The molecule has 4 bridgehead atoms. The number of carbonyl (C=O) groups is 1. The van der Waals surface area contributed by atoms with Crippen LogP contribution in [0.1, 0.15) is 65.7 Å². The average molecular weight is 318 g/mol. The molecule has 0 aliphatic heterocycles. The highest BCUT2D eigenvalue weighted by Gasteiger charge is 2.84. The smallest absolute Gasteiger partial charge is 0.309 e. The highest BCUT2D eigenvalue weighted by molar-refractivity contribution is 5.75. The van der Waals surface area contributed by atoms with Crippen molar-refractivity contribution in [1.29, 1.82) is 0 Å². The SMILES string of the molecule is C[C@]12C[C@@H]3CC[C@@H]4[C@](C)(C(=O)O)CCC[C@@]4(C)[C@]34C[C@H]1[C@H]2[C@H]4O. The van der Waals surface area contributed by atoms with Gasteiger partial charge in [-0.25, -0.2) is 0 Å². The first-order chi connectivity index (χ1) is 10.7. The summed E-state index contributed by atoms with van der Waals surface area (Å²) in [6.07, 6.45) is 7.38. The first-order valence-corrected chi connectivity index (χ1v) is 9.63. The van der Waals surface area contributed by atoms with Crippen molar-refractivity contribution in [2.45, 2.75) is 71.8 Å². The summed E-state index contributed by atoms with van der Waals surface area (Å²) in [4.78, 5) is 12.1. The van der Waals surface area contributed by atoms with Gasteiger partial charge in [0.25, 0.3) is 0 Å². The molecule has 0 aromatic rings. The van der Waals surface area contributed by atoms with Crippen LogP contribution in [-0.4, -0.2) is 22.3 Å². The van der Waals surface area contributed by atoms with Crippen LogP contribution in [0.25, 0.3) is 0 Å². The third kappa shape index (κ3) is 1.28. The molecule has 6 aliphatic carbocycles. The van der Waals surface area contributed by atoms with E-state index in [0.29, 0.717) is 23.2 Å². The van der Waals surface area contributed by atoms with Crippen molar-refractivity contribution in [1.82, 2.24) is 0 Å². The molecule has 0 unspecified atom stereocenters. The molecule has 0 aromatic carbocycles. The number of carboxylic acid groups (broad SMARTS) is 1. The third-order valence-electron chi connectivity index (χ3n) is 10.1. The van der Waals surface area contributed by atoms with E-state index in [0.717, 1.165) is 32.1 Å². The summed E-state index contributed by atoms with van der Waals surface area (Å²) < 4.78 is 0. The molecule has 0 radical (unpaired) electrons. The summed E-state index contributed by atoms with van der Waals surface area (Å²) in [6, 6.07) is 0. The molecule has 6 fully saturated rings. The van der Waals surface area contributed by atoms with E-state index in [9.17, 15) is 15.0 Å². The molecule has 23 heavy (non-hydrogen) atoms. The van der Waals surface area contributed by atoms with Gasteiger partial charge in [-0.2, -0.15) is 0 Å². The van der Waals surface area contributed by atoms with Crippen LogP contribution >= 0.6 is 0 Å². The van der Waals surface area contributed by atoms with Gasteiger partial charge in [0.2, 0.25) is 0 Å². The van der Waals surface area contributed by atoms with Crippen molar-refractivity contribution in [3.63, 3.8) is 0 Å². The Morgan fingerprint density at radius 1 is 1.09 bits per heavy atom. The van der Waals surface area contributed by atoms with Gasteiger partial charge in [0.15, 0.2) is 0 Å². The predicted octanol–water partition coefficient (Wildman–Crippen LogP) is 3.70. The fourth-order valence-electron chi connectivity index (χ4n) is 8.94. The van der Waals surface area contributed by atoms with Gasteiger partial charge in [0, 0.05) is 5.41 Å². The Balaban J connectivity index is 1.64. The lowest BCUT2D eigenvalue weighted by molar-refractivity contribution is -0.235. The van der Waals surface area contributed by atoms with Gasteiger partial charge in [0.05, 0.1) is 11.5 Å². The quantitative estimate of drug-likeness (QED) is 0.775. The standard InChI is InChI=1S/C20H30O3/c1-17(16(22)23)7-4-8-19(3)13(17)6-5-11-9-18(2)12-10-20(11,19)15(21)14(12)18/h11-15,21H,4-10H2,1-3H3,(H,22,23)/t11-,12-,13+,14-,15+,17+,18-,19+,20+/m0/s1. The first kappa shape index (κ1) is 14.7. The van der Waals surface area contributed by atoms with Crippen molar-refractivity contribution in [3.05, 3.63) is 0 Å². The van der Waals surface area contributed by atoms with Crippen LogP contribution in [0, 0.1) is 45.3 Å². The highest BCUT2D eigenvalue weighted by atomic mass is 16.4. The molecule has 0 saturated heterocycles. The Kier molecular flexibility index (Phi) is 2.45. The third-order valence-corrected chi connectivity index (χ3v) is 10.1. The van der Waals surface area contributed by atoms with Crippen LogP contribution in [0.15, 0.2) is 0 Å². The zero-order chi connectivity index (χ0) is 16.4. The molecular weight excluding hydrogens is 288 g/mol. The number of aliphatic hydroxyl groups excluding tert-OH is 1. The summed E-state index contributed by atoms with van der Waals surface area (Å²) in [6.45, 7) is 6.75. The molecule has 128 valence electrons. The topological polar surface area (TPSA) is 57.5 Å². The second-order valence-corrected chi connectivity index (χ2v) is 10.4. The Bertz CT molecular complexity index is 602. The summed E-state index contributed by atoms with van der Waals surface area (Å²) in [5, 5.41) is 21.3. The molecule has 1 spiro atoms. The molecule has 6 saturated carbocycles. The average Bonchev–Trinajstić information content (AvgIpc) is 2.94. The second-order valence-electron chi connectivity index (χ2n) is 10.4. The van der Waals surface area contributed by atoms with Gasteiger partial charge in [0.1, 0.15) is 0 Å². The molecule has 6 aliphatic rings. The zero-order valence-corrected chi connectivity index (χ0v) is 14.6. The number of aliphatic hydroxyl groups is 1. The fraction of sp³-hybridized carbons (Fsp3) is 0.950. The molecular formula is C20H30O3. The lowest BCUT2D eigenvalue weighted by atomic mass is 9.36. The number of rotatable bonds is 1. The van der Waals surface area contributed by atoms with Crippen molar-refractivity contribution in [2.24, 2.45) is 45.3 Å². The van der Waals surface area contributed by atoms with E-state index >= 15 is 0 Å². The van der Waals surface area contributed by atoms with E-state index in [1.165, 1.54) is 12.8 Å². The second kappa shape index (κ2) is 3.81. The van der Waals surface area contributed by atoms with Gasteiger partial charge in [-0.1, -0.05) is 20.3 Å². The van der Waals surface area contributed by atoms with E-state index in [2.05, 4.69) is 13.8 Å². The fourth-order valence-corrected chi connectivity index (χ4v) is 8.94. The largest absolute Gasteiger partial charge is 0.481 e. The first-order valence-electron chi connectivity index (χ1n) is 9.63. The maximum Gasteiger partial charge on any atom is 0.309 e. The summed E-state index contributed by atoms with van der Waals surface area (Å²) in [5.74, 6) is 1.46. The van der Waals surface area contributed by atoms with E-state index in [-0.39, 0.29) is 22.9 Å². The Labute approximate surface area is 138 Å². The molecule has 3 nitrogen and oxygen atoms in total. The van der Waals surface area contributed by atoms with Crippen LogP contribution in [0.4, 0.5) is 0 Å². The maximum atomic E-state index is 12.1. The summed E-state index contributed by atoms with van der Waals surface area (Å²) in [7, 11) is 0. The molecule has 3 heteroatoms. The van der Waals surface area contributed by atoms with E-state index in [1.54, 1.807) is 0 Å². The Morgan fingerprint density at radius 2 is 1.83 bits per heavy atom. The molecule has 9 atom stereocenters. The van der Waals surface area contributed by atoms with E-state index in [1.807, 2.05) is 6.92 Å². The molecule has 6 rings (SSSR count). The van der Waals surface area contributed by atoms with Crippen molar-refractivity contribution in [3.8, 4) is 0 Å². The molecule has 2 N–H and O–H groups in total. The van der Waals surface area contributed by atoms with E-state index in [4.69, 9.17) is 0 Å².